The Kier molecular flexibility index (Phi) is 5.58. The molecule has 5 heteroatoms. The SMILES string of the molecule is C[C@@H](NC(=O)c1ccccc1-c1ncc(-c2ccc(Br)cc2)o1)c1ccccc1. The van der Waals surface area contributed by atoms with Gasteiger partial charge in [0.1, 0.15) is 0 Å². The van der Waals surface area contributed by atoms with Crippen LogP contribution in [-0.4, -0.2) is 10.9 Å². The van der Waals surface area contributed by atoms with Crippen LogP contribution in [0.2, 0.25) is 0 Å². The lowest BCUT2D eigenvalue weighted by Crippen LogP contribution is -2.27. The van der Waals surface area contributed by atoms with E-state index in [9.17, 15) is 4.79 Å². The van der Waals surface area contributed by atoms with Gasteiger partial charge in [0, 0.05) is 15.6 Å². The number of carbonyl (C=O) groups excluding carboxylic acids is 1. The van der Waals surface area contributed by atoms with E-state index in [1.165, 1.54) is 0 Å². The van der Waals surface area contributed by atoms with Crippen molar-refractivity contribution in [3.8, 4) is 22.8 Å². The molecule has 1 heterocycles. The van der Waals surface area contributed by atoms with Crippen LogP contribution in [0.5, 0.6) is 0 Å². The fraction of sp³-hybridized carbons (Fsp3) is 0.0833. The summed E-state index contributed by atoms with van der Waals surface area (Å²) >= 11 is 3.43. The van der Waals surface area contributed by atoms with Gasteiger partial charge in [0.15, 0.2) is 5.76 Å². The molecule has 0 aliphatic heterocycles. The van der Waals surface area contributed by atoms with Crippen LogP contribution in [0.1, 0.15) is 28.9 Å². The molecule has 144 valence electrons. The fourth-order valence-corrected chi connectivity index (χ4v) is 3.38. The fourth-order valence-electron chi connectivity index (χ4n) is 3.11. The summed E-state index contributed by atoms with van der Waals surface area (Å²) in [5, 5.41) is 3.05. The first-order valence-electron chi connectivity index (χ1n) is 9.29. The van der Waals surface area contributed by atoms with E-state index in [1.54, 1.807) is 12.3 Å². The van der Waals surface area contributed by atoms with Gasteiger partial charge >= 0.3 is 0 Å². The van der Waals surface area contributed by atoms with Crippen LogP contribution in [0.3, 0.4) is 0 Å². The molecule has 1 amide bonds. The Hall–Kier alpha value is -3.18. The van der Waals surface area contributed by atoms with Gasteiger partial charge in [-0.2, -0.15) is 0 Å². The van der Waals surface area contributed by atoms with Crippen molar-refractivity contribution in [2.45, 2.75) is 13.0 Å². The summed E-state index contributed by atoms with van der Waals surface area (Å²) in [6.45, 7) is 1.96. The molecule has 29 heavy (non-hydrogen) atoms. The molecule has 3 aromatic carbocycles. The van der Waals surface area contributed by atoms with Crippen molar-refractivity contribution < 1.29 is 9.21 Å². The predicted molar refractivity (Wildman–Crippen MR) is 117 cm³/mol. The van der Waals surface area contributed by atoms with E-state index in [0.29, 0.717) is 22.8 Å². The third-order valence-corrected chi connectivity index (χ3v) is 5.21. The molecule has 1 N–H and O–H groups in total. The maximum absolute atomic E-state index is 13.0. The van der Waals surface area contributed by atoms with Gasteiger partial charge in [0.2, 0.25) is 5.89 Å². The van der Waals surface area contributed by atoms with E-state index in [1.807, 2.05) is 79.7 Å². The van der Waals surface area contributed by atoms with Crippen molar-refractivity contribution in [3.05, 3.63) is 101 Å². The number of nitrogens with one attached hydrogen (secondary N) is 1. The number of halogens is 1. The molecule has 1 atom stereocenters. The van der Waals surface area contributed by atoms with Crippen LogP contribution in [0, 0.1) is 0 Å². The molecule has 0 saturated carbocycles. The zero-order valence-corrected chi connectivity index (χ0v) is 17.4. The van der Waals surface area contributed by atoms with Crippen LogP contribution in [0.25, 0.3) is 22.8 Å². The van der Waals surface area contributed by atoms with E-state index >= 15 is 0 Å². The summed E-state index contributed by atoms with van der Waals surface area (Å²) < 4.78 is 6.97. The second-order valence-corrected chi connectivity index (χ2v) is 7.60. The van der Waals surface area contributed by atoms with Crippen molar-refractivity contribution in [2.24, 2.45) is 0 Å². The number of hydrogen-bond acceptors (Lipinski definition) is 3. The summed E-state index contributed by atoms with van der Waals surface area (Å²) in [6, 6.07) is 24.9. The van der Waals surface area contributed by atoms with Gasteiger partial charge in [0.05, 0.1) is 17.8 Å². The Morgan fingerprint density at radius 3 is 2.41 bits per heavy atom. The Bertz CT molecular complexity index is 1120. The molecule has 4 aromatic rings. The zero-order valence-electron chi connectivity index (χ0n) is 15.8. The second-order valence-electron chi connectivity index (χ2n) is 6.69. The number of rotatable bonds is 5. The zero-order chi connectivity index (χ0) is 20.2. The molecular weight excluding hydrogens is 428 g/mol. The van der Waals surface area contributed by atoms with Gasteiger partial charge < -0.3 is 9.73 Å². The number of benzene rings is 3. The summed E-state index contributed by atoms with van der Waals surface area (Å²) in [7, 11) is 0. The summed E-state index contributed by atoms with van der Waals surface area (Å²) in [4.78, 5) is 17.4. The van der Waals surface area contributed by atoms with Crippen molar-refractivity contribution >= 4 is 21.8 Å². The molecule has 1 aromatic heterocycles. The van der Waals surface area contributed by atoms with E-state index in [2.05, 4.69) is 26.2 Å². The van der Waals surface area contributed by atoms with Crippen LogP contribution in [0.4, 0.5) is 0 Å². The molecular formula is C24H19BrN2O2. The van der Waals surface area contributed by atoms with Gasteiger partial charge in [-0.25, -0.2) is 4.98 Å². The van der Waals surface area contributed by atoms with E-state index in [-0.39, 0.29) is 11.9 Å². The Balaban J connectivity index is 1.60. The third kappa shape index (κ3) is 4.30. The molecule has 4 rings (SSSR count). The smallest absolute Gasteiger partial charge is 0.252 e. The first kappa shape index (κ1) is 19.2. The van der Waals surface area contributed by atoms with Gasteiger partial charge in [-0.15, -0.1) is 0 Å². The number of amides is 1. The average Bonchev–Trinajstić information content (AvgIpc) is 3.25. The lowest BCUT2D eigenvalue weighted by molar-refractivity contribution is 0.0940. The molecule has 0 radical (unpaired) electrons. The molecule has 0 aliphatic carbocycles. The molecule has 0 bridgehead atoms. The summed E-state index contributed by atoms with van der Waals surface area (Å²) in [5.74, 6) is 0.904. The highest BCUT2D eigenvalue weighted by Gasteiger charge is 2.18. The highest BCUT2D eigenvalue weighted by atomic mass is 79.9. The quantitative estimate of drug-likeness (QED) is 0.393. The number of nitrogens with zero attached hydrogens (tertiary/aromatic N) is 1. The highest BCUT2D eigenvalue weighted by Crippen LogP contribution is 2.29. The molecule has 0 saturated heterocycles. The van der Waals surface area contributed by atoms with Crippen molar-refractivity contribution in [3.63, 3.8) is 0 Å². The average molecular weight is 447 g/mol. The molecule has 4 nitrogen and oxygen atoms in total. The topological polar surface area (TPSA) is 55.1 Å². The van der Waals surface area contributed by atoms with Crippen molar-refractivity contribution in [1.29, 1.82) is 0 Å². The van der Waals surface area contributed by atoms with Crippen LogP contribution in [0.15, 0.2) is 93.9 Å². The Morgan fingerprint density at radius 1 is 0.966 bits per heavy atom. The minimum atomic E-state index is -0.166. The monoisotopic (exact) mass is 446 g/mol. The van der Waals surface area contributed by atoms with E-state index < -0.39 is 0 Å². The summed E-state index contributed by atoms with van der Waals surface area (Å²) in [6.07, 6.45) is 1.68. The van der Waals surface area contributed by atoms with Crippen LogP contribution >= 0.6 is 15.9 Å². The second kappa shape index (κ2) is 8.45. The largest absolute Gasteiger partial charge is 0.436 e. The van der Waals surface area contributed by atoms with Gasteiger partial charge in [-0.3, -0.25) is 4.79 Å². The summed E-state index contributed by atoms with van der Waals surface area (Å²) in [5.41, 5.74) is 3.16. The minimum Gasteiger partial charge on any atom is -0.436 e. The Labute approximate surface area is 177 Å². The minimum absolute atomic E-state index is 0.111. The number of oxazole rings is 1. The molecule has 0 unspecified atom stereocenters. The standard InChI is InChI=1S/C24H19BrN2O2/c1-16(17-7-3-2-4-8-17)27-23(28)20-9-5-6-10-21(20)24-26-15-22(29-24)18-11-13-19(25)14-12-18/h2-16H,1H3,(H,27,28)/t16-/m1/s1. The number of hydrogen-bond donors (Lipinski definition) is 1. The third-order valence-electron chi connectivity index (χ3n) is 4.68. The van der Waals surface area contributed by atoms with Crippen molar-refractivity contribution in [2.75, 3.05) is 0 Å². The highest BCUT2D eigenvalue weighted by molar-refractivity contribution is 9.10. The molecule has 0 fully saturated rings. The predicted octanol–water partition coefficient (Wildman–Crippen LogP) is 6.26. The first-order chi connectivity index (χ1) is 14.1. The lowest BCUT2D eigenvalue weighted by atomic mass is 10.0. The number of aromatic nitrogens is 1. The first-order valence-corrected chi connectivity index (χ1v) is 10.1. The Morgan fingerprint density at radius 2 is 1.66 bits per heavy atom. The maximum Gasteiger partial charge on any atom is 0.252 e. The van der Waals surface area contributed by atoms with E-state index in [0.717, 1.165) is 15.6 Å². The van der Waals surface area contributed by atoms with Crippen LogP contribution < -0.4 is 5.32 Å². The normalized spacial score (nSPS) is 11.8. The van der Waals surface area contributed by atoms with E-state index in [4.69, 9.17) is 4.42 Å². The maximum atomic E-state index is 13.0. The van der Waals surface area contributed by atoms with Crippen LogP contribution in [-0.2, 0) is 0 Å². The van der Waals surface area contributed by atoms with Gasteiger partial charge in [-0.05, 0) is 36.8 Å². The molecule has 0 aliphatic rings. The van der Waals surface area contributed by atoms with Gasteiger partial charge in [0.25, 0.3) is 5.91 Å². The van der Waals surface area contributed by atoms with Crippen molar-refractivity contribution in [1.82, 2.24) is 10.3 Å². The lowest BCUT2D eigenvalue weighted by Gasteiger charge is -2.15. The number of carbonyl (C=O) groups is 1. The molecule has 0 spiro atoms. The van der Waals surface area contributed by atoms with Gasteiger partial charge in [-0.1, -0.05) is 70.5 Å².